The van der Waals surface area contributed by atoms with Crippen molar-refractivity contribution in [3.05, 3.63) is 224 Å². The largest absolute Gasteiger partial charge is 0.310 e. The smallest absolute Gasteiger partial charge is 0.0468 e. The molecule has 0 fully saturated rings. The van der Waals surface area contributed by atoms with E-state index in [4.69, 9.17) is 0 Å². The van der Waals surface area contributed by atoms with E-state index in [-0.39, 0.29) is 0 Å². The zero-order chi connectivity index (χ0) is 36.6. The molecule has 0 saturated heterocycles. The molecular formula is C54H37N. The first kappa shape index (κ1) is 32.4. The third kappa shape index (κ3) is 6.02. The monoisotopic (exact) mass is 699 g/mol. The van der Waals surface area contributed by atoms with E-state index in [1.54, 1.807) is 0 Å². The Morgan fingerprint density at radius 1 is 0.218 bits per heavy atom. The molecule has 0 aromatic heterocycles. The van der Waals surface area contributed by atoms with Gasteiger partial charge in [0.15, 0.2) is 0 Å². The van der Waals surface area contributed by atoms with Crippen LogP contribution in [0.5, 0.6) is 0 Å². The highest BCUT2D eigenvalue weighted by molar-refractivity contribution is 6.22. The highest BCUT2D eigenvalue weighted by Crippen LogP contribution is 2.46. The molecule has 0 saturated carbocycles. The van der Waals surface area contributed by atoms with Gasteiger partial charge in [0.05, 0.1) is 0 Å². The lowest BCUT2D eigenvalue weighted by molar-refractivity contribution is 1.29. The predicted octanol–water partition coefficient (Wildman–Crippen LogP) is 15.3. The fourth-order valence-electron chi connectivity index (χ4n) is 8.25. The van der Waals surface area contributed by atoms with Gasteiger partial charge in [0, 0.05) is 17.1 Å². The van der Waals surface area contributed by atoms with Crippen LogP contribution in [-0.2, 0) is 0 Å². The number of fused-ring (bicyclic) bond motifs is 3. The van der Waals surface area contributed by atoms with Crippen LogP contribution in [0, 0.1) is 0 Å². The van der Waals surface area contributed by atoms with E-state index in [9.17, 15) is 0 Å². The Hall–Kier alpha value is -7.22. The molecule has 0 radical (unpaired) electrons. The van der Waals surface area contributed by atoms with Crippen molar-refractivity contribution in [3.8, 4) is 44.5 Å². The molecule has 258 valence electrons. The Morgan fingerprint density at radius 2 is 0.600 bits per heavy atom. The summed E-state index contributed by atoms with van der Waals surface area (Å²) in [7, 11) is 0. The molecule has 10 aromatic carbocycles. The summed E-state index contributed by atoms with van der Waals surface area (Å²) in [5.41, 5.74) is 13.2. The van der Waals surface area contributed by atoms with Crippen molar-refractivity contribution >= 4 is 49.4 Å². The van der Waals surface area contributed by atoms with E-state index in [0.29, 0.717) is 0 Å². The lowest BCUT2D eigenvalue weighted by atomic mass is 9.84. The lowest BCUT2D eigenvalue weighted by Gasteiger charge is -2.25. The van der Waals surface area contributed by atoms with Crippen LogP contribution in [0.4, 0.5) is 17.1 Å². The van der Waals surface area contributed by atoms with Crippen molar-refractivity contribution in [2.24, 2.45) is 0 Å². The fraction of sp³-hybridized carbons (Fsp3) is 0. The summed E-state index contributed by atoms with van der Waals surface area (Å²) in [6, 6.07) is 81.4. The average Bonchev–Trinajstić information content (AvgIpc) is 3.26. The fourth-order valence-corrected chi connectivity index (χ4v) is 8.25. The zero-order valence-electron chi connectivity index (χ0n) is 30.3. The summed E-state index contributed by atoms with van der Waals surface area (Å²) < 4.78 is 0. The molecule has 0 amide bonds. The molecular weight excluding hydrogens is 663 g/mol. The summed E-state index contributed by atoms with van der Waals surface area (Å²) in [6.45, 7) is 0. The molecule has 10 rings (SSSR count). The molecule has 0 atom stereocenters. The van der Waals surface area contributed by atoms with Gasteiger partial charge < -0.3 is 4.90 Å². The van der Waals surface area contributed by atoms with Crippen molar-refractivity contribution < 1.29 is 0 Å². The number of rotatable bonds is 7. The molecule has 0 N–H and O–H groups in total. The van der Waals surface area contributed by atoms with Crippen molar-refractivity contribution in [1.82, 2.24) is 0 Å². The van der Waals surface area contributed by atoms with E-state index >= 15 is 0 Å². The molecule has 0 aliphatic rings. The van der Waals surface area contributed by atoms with Gasteiger partial charge in [-0.05, 0) is 137 Å². The summed E-state index contributed by atoms with van der Waals surface area (Å²) in [6.07, 6.45) is 0. The van der Waals surface area contributed by atoms with Gasteiger partial charge in [0.1, 0.15) is 0 Å². The Bertz CT molecular complexity index is 2800. The number of nitrogens with zero attached hydrogens (tertiary/aromatic N) is 1. The second kappa shape index (κ2) is 14.0. The van der Waals surface area contributed by atoms with E-state index in [2.05, 4.69) is 229 Å². The van der Waals surface area contributed by atoms with Gasteiger partial charge in [-0.2, -0.15) is 0 Å². The summed E-state index contributed by atoms with van der Waals surface area (Å²) >= 11 is 0. The molecule has 0 spiro atoms. The van der Waals surface area contributed by atoms with Gasteiger partial charge in [-0.3, -0.25) is 0 Å². The minimum absolute atomic E-state index is 1.13. The molecule has 55 heavy (non-hydrogen) atoms. The van der Waals surface area contributed by atoms with Crippen LogP contribution in [0.15, 0.2) is 224 Å². The number of anilines is 3. The van der Waals surface area contributed by atoms with Gasteiger partial charge in [-0.15, -0.1) is 0 Å². The Balaban J connectivity index is 1.16. The van der Waals surface area contributed by atoms with E-state index in [1.165, 1.54) is 76.8 Å². The van der Waals surface area contributed by atoms with Gasteiger partial charge in [-0.25, -0.2) is 0 Å². The maximum absolute atomic E-state index is 2.37. The van der Waals surface area contributed by atoms with Gasteiger partial charge in [-0.1, -0.05) is 164 Å². The summed E-state index contributed by atoms with van der Waals surface area (Å²) in [4.78, 5) is 2.32. The molecule has 0 aliphatic heterocycles. The van der Waals surface area contributed by atoms with E-state index in [0.717, 1.165) is 17.1 Å². The van der Waals surface area contributed by atoms with Crippen LogP contribution in [0.3, 0.4) is 0 Å². The number of benzene rings is 10. The lowest BCUT2D eigenvalue weighted by Crippen LogP contribution is -2.09. The highest BCUT2D eigenvalue weighted by atomic mass is 15.1. The number of hydrogen-bond donors (Lipinski definition) is 0. The van der Waals surface area contributed by atoms with E-state index in [1.807, 2.05) is 0 Å². The van der Waals surface area contributed by atoms with Gasteiger partial charge in [0.2, 0.25) is 0 Å². The predicted molar refractivity (Wildman–Crippen MR) is 235 cm³/mol. The number of hydrogen-bond acceptors (Lipinski definition) is 1. The molecule has 0 unspecified atom stereocenters. The van der Waals surface area contributed by atoms with Crippen LogP contribution in [-0.4, -0.2) is 0 Å². The van der Waals surface area contributed by atoms with Crippen molar-refractivity contribution in [2.45, 2.75) is 0 Å². The van der Waals surface area contributed by atoms with E-state index < -0.39 is 0 Å². The molecule has 1 heteroatoms. The molecule has 10 aromatic rings. The molecule has 0 bridgehead atoms. The maximum atomic E-state index is 2.37. The minimum Gasteiger partial charge on any atom is -0.310 e. The normalized spacial score (nSPS) is 11.3. The standard InChI is InChI=1S/C54H37N/c1-5-17-38(18-6-1)43-34-44(39-19-7-2-8-20-39)36-45(35-43)54-51-27-15-13-25-49(51)53(50-26-14-16-28-52(50)54)42-30-29-41-37-48(32-31-40(41)33-42)55(46-21-9-3-10-22-46)47-23-11-4-12-24-47/h1-37H. The van der Waals surface area contributed by atoms with Crippen LogP contribution in [0.2, 0.25) is 0 Å². The molecule has 0 heterocycles. The quantitative estimate of drug-likeness (QED) is 0.150. The second-order valence-corrected chi connectivity index (χ2v) is 14.1. The first-order valence-electron chi connectivity index (χ1n) is 18.9. The first-order chi connectivity index (χ1) is 27.3. The van der Waals surface area contributed by atoms with Crippen LogP contribution in [0.1, 0.15) is 0 Å². The Kier molecular flexibility index (Phi) is 8.24. The number of para-hydroxylation sites is 2. The maximum Gasteiger partial charge on any atom is 0.0468 e. The first-order valence-corrected chi connectivity index (χ1v) is 18.9. The summed E-state index contributed by atoms with van der Waals surface area (Å²) in [5.74, 6) is 0. The molecule has 1 nitrogen and oxygen atoms in total. The highest BCUT2D eigenvalue weighted by Gasteiger charge is 2.19. The van der Waals surface area contributed by atoms with Gasteiger partial charge >= 0.3 is 0 Å². The van der Waals surface area contributed by atoms with Gasteiger partial charge in [0.25, 0.3) is 0 Å². The Labute approximate surface area is 322 Å². The SMILES string of the molecule is c1ccc(-c2cc(-c3ccccc3)cc(-c3c4ccccc4c(-c4ccc5cc(N(c6ccccc6)c6ccccc6)ccc5c4)c4ccccc34)c2)cc1. The zero-order valence-corrected chi connectivity index (χ0v) is 30.3. The second-order valence-electron chi connectivity index (χ2n) is 14.1. The van der Waals surface area contributed by atoms with Crippen LogP contribution < -0.4 is 4.90 Å². The molecule has 0 aliphatic carbocycles. The topological polar surface area (TPSA) is 3.24 Å². The third-order valence-corrected chi connectivity index (χ3v) is 10.8. The van der Waals surface area contributed by atoms with Crippen molar-refractivity contribution in [1.29, 1.82) is 0 Å². The average molecular weight is 700 g/mol. The van der Waals surface area contributed by atoms with Crippen LogP contribution >= 0.6 is 0 Å². The van der Waals surface area contributed by atoms with Crippen LogP contribution in [0.25, 0.3) is 76.8 Å². The minimum atomic E-state index is 1.13. The Morgan fingerprint density at radius 3 is 1.09 bits per heavy atom. The third-order valence-electron chi connectivity index (χ3n) is 10.8. The summed E-state index contributed by atoms with van der Waals surface area (Å²) in [5, 5.41) is 7.40. The van der Waals surface area contributed by atoms with Crippen molar-refractivity contribution in [3.63, 3.8) is 0 Å². The van der Waals surface area contributed by atoms with Crippen molar-refractivity contribution in [2.75, 3.05) is 4.90 Å².